The predicted octanol–water partition coefficient (Wildman–Crippen LogP) is 2.94. The molecular weight excluding hydrogens is 250 g/mol. The first-order valence-corrected chi connectivity index (χ1v) is 6.29. The van der Waals surface area contributed by atoms with Gasteiger partial charge in [-0.2, -0.15) is 0 Å². The molecule has 5 heteroatoms. The number of morpholine rings is 1. The summed E-state index contributed by atoms with van der Waals surface area (Å²) in [5.74, 6) is -1.27. The number of halogens is 2. The molecule has 0 saturated carbocycles. The van der Waals surface area contributed by atoms with Crippen molar-refractivity contribution in [1.82, 2.24) is 0 Å². The van der Waals surface area contributed by atoms with Crippen LogP contribution < -0.4 is 10.6 Å². The highest BCUT2D eigenvalue weighted by Crippen LogP contribution is 2.34. The SMILES string of the molecule is CC1(C)CN(c2c(F)cc(N)cc2F)CC(C)(C)O1. The summed E-state index contributed by atoms with van der Waals surface area (Å²) in [6.45, 7) is 8.49. The number of anilines is 2. The van der Waals surface area contributed by atoms with Crippen molar-refractivity contribution >= 4 is 11.4 Å². The van der Waals surface area contributed by atoms with Gasteiger partial charge in [0.2, 0.25) is 0 Å². The molecule has 2 rings (SSSR count). The second-order valence-corrected chi connectivity index (χ2v) is 6.31. The van der Waals surface area contributed by atoms with E-state index in [1.807, 2.05) is 27.7 Å². The van der Waals surface area contributed by atoms with Gasteiger partial charge in [0, 0.05) is 18.8 Å². The average Bonchev–Trinajstić information content (AvgIpc) is 2.09. The molecule has 1 aliphatic heterocycles. The van der Waals surface area contributed by atoms with Crippen LogP contribution in [0.1, 0.15) is 27.7 Å². The summed E-state index contributed by atoms with van der Waals surface area (Å²) in [5, 5.41) is 0. The Labute approximate surface area is 112 Å². The quantitative estimate of drug-likeness (QED) is 0.797. The maximum atomic E-state index is 14.0. The number of benzene rings is 1. The second kappa shape index (κ2) is 4.34. The fraction of sp³-hybridized carbons (Fsp3) is 0.571. The summed E-state index contributed by atoms with van der Waals surface area (Å²) in [7, 11) is 0. The maximum absolute atomic E-state index is 14.0. The summed E-state index contributed by atoms with van der Waals surface area (Å²) in [4.78, 5) is 1.69. The summed E-state index contributed by atoms with van der Waals surface area (Å²) in [6.07, 6.45) is 0. The molecule has 106 valence electrons. The minimum absolute atomic E-state index is 0.0290. The highest BCUT2D eigenvalue weighted by molar-refractivity contribution is 5.56. The smallest absolute Gasteiger partial charge is 0.151 e. The molecular formula is C14H20F2N2O. The maximum Gasteiger partial charge on any atom is 0.151 e. The van der Waals surface area contributed by atoms with Crippen LogP contribution in [0, 0.1) is 11.6 Å². The monoisotopic (exact) mass is 270 g/mol. The number of nitrogen functional groups attached to an aromatic ring is 1. The van der Waals surface area contributed by atoms with Crippen molar-refractivity contribution in [2.75, 3.05) is 23.7 Å². The molecule has 1 saturated heterocycles. The number of hydrogen-bond donors (Lipinski definition) is 1. The highest BCUT2D eigenvalue weighted by Gasteiger charge is 2.39. The summed E-state index contributed by atoms with van der Waals surface area (Å²) in [5.41, 5.74) is 4.56. The molecule has 19 heavy (non-hydrogen) atoms. The number of ether oxygens (including phenoxy) is 1. The fourth-order valence-corrected chi connectivity index (χ4v) is 2.83. The van der Waals surface area contributed by atoms with Gasteiger partial charge in [0.1, 0.15) is 5.69 Å². The van der Waals surface area contributed by atoms with Crippen LogP contribution in [-0.2, 0) is 4.74 Å². The molecule has 1 fully saturated rings. The first kappa shape index (κ1) is 14.1. The number of rotatable bonds is 1. The molecule has 0 aliphatic carbocycles. The van der Waals surface area contributed by atoms with E-state index >= 15 is 0 Å². The Balaban J connectivity index is 2.42. The van der Waals surface area contributed by atoms with E-state index < -0.39 is 22.8 Å². The topological polar surface area (TPSA) is 38.5 Å². The fourth-order valence-electron chi connectivity index (χ4n) is 2.83. The largest absolute Gasteiger partial charge is 0.399 e. The van der Waals surface area contributed by atoms with Gasteiger partial charge in [-0.15, -0.1) is 0 Å². The van der Waals surface area contributed by atoms with Crippen molar-refractivity contribution in [1.29, 1.82) is 0 Å². The molecule has 0 bridgehead atoms. The van der Waals surface area contributed by atoms with Crippen LogP contribution in [0.25, 0.3) is 0 Å². The van der Waals surface area contributed by atoms with E-state index in [2.05, 4.69) is 0 Å². The van der Waals surface area contributed by atoms with Crippen LogP contribution in [0.3, 0.4) is 0 Å². The van der Waals surface area contributed by atoms with Gasteiger partial charge in [0.15, 0.2) is 11.6 Å². The van der Waals surface area contributed by atoms with Crippen LogP contribution in [0.2, 0.25) is 0 Å². The van der Waals surface area contributed by atoms with E-state index in [0.717, 1.165) is 12.1 Å². The standard InChI is InChI=1S/C14H20F2N2O/c1-13(2)7-18(8-14(3,4)19-13)12-10(15)5-9(17)6-11(12)16/h5-6H,7-8,17H2,1-4H3. The minimum Gasteiger partial charge on any atom is -0.399 e. The third kappa shape index (κ3) is 2.97. The van der Waals surface area contributed by atoms with Gasteiger partial charge in [0.05, 0.1) is 11.2 Å². The Hall–Kier alpha value is -1.36. The molecule has 0 spiro atoms. The van der Waals surface area contributed by atoms with Gasteiger partial charge in [-0.25, -0.2) is 8.78 Å². The van der Waals surface area contributed by atoms with E-state index in [-0.39, 0.29) is 11.4 Å². The Morgan fingerprint density at radius 2 is 1.47 bits per heavy atom. The molecule has 0 radical (unpaired) electrons. The molecule has 0 aromatic heterocycles. The lowest BCUT2D eigenvalue weighted by Gasteiger charge is -2.48. The number of hydrogen-bond acceptors (Lipinski definition) is 3. The van der Waals surface area contributed by atoms with Gasteiger partial charge >= 0.3 is 0 Å². The van der Waals surface area contributed by atoms with Gasteiger partial charge in [-0.3, -0.25) is 0 Å². The minimum atomic E-state index is -0.633. The molecule has 0 atom stereocenters. The van der Waals surface area contributed by atoms with Crippen molar-refractivity contribution in [3.05, 3.63) is 23.8 Å². The first-order chi connectivity index (χ1) is 8.60. The van der Waals surface area contributed by atoms with E-state index in [1.165, 1.54) is 0 Å². The lowest BCUT2D eigenvalue weighted by Crippen LogP contribution is -2.57. The van der Waals surface area contributed by atoms with E-state index in [9.17, 15) is 8.78 Å². The second-order valence-electron chi connectivity index (χ2n) is 6.31. The van der Waals surface area contributed by atoms with Crippen LogP contribution in [0.5, 0.6) is 0 Å². The van der Waals surface area contributed by atoms with E-state index in [1.54, 1.807) is 4.90 Å². The van der Waals surface area contributed by atoms with Crippen LogP contribution >= 0.6 is 0 Å². The number of nitrogens with two attached hydrogens (primary N) is 1. The zero-order chi connectivity index (χ0) is 14.4. The van der Waals surface area contributed by atoms with Crippen molar-refractivity contribution in [2.45, 2.75) is 38.9 Å². The van der Waals surface area contributed by atoms with Crippen LogP contribution in [0.15, 0.2) is 12.1 Å². The zero-order valence-corrected chi connectivity index (χ0v) is 11.8. The molecule has 0 amide bonds. The lowest BCUT2D eigenvalue weighted by molar-refractivity contribution is -0.133. The van der Waals surface area contributed by atoms with Crippen molar-refractivity contribution in [3.63, 3.8) is 0 Å². The summed E-state index contributed by atoms with van der Waals surface area (Å²) in [6, 6.07) is 2.29. The number of nitrogens with zero attached hydrogens (tertiary/aromatic N) is 1. The van der Waals surface area contributed by atoms with Crippen molar-refractivity contribution in [3.8, 4) is 0 Å². The lowest BCUT2D eigenvalue weighted by atomic mass is 9.98. The van der Waals surface area contributed by atoms with Gasteiger partial charge < -0.3 is 15.4 Å². The molecule has 1 aromatic carbocycles. The molecule has 2 N–H and O–H groups in total. The van der Waals surface area contributed by atoms with Crippen LogP contribution in [0.4, 0.5) is 20.2 Å². The molecule has 3 nitrogen and oxygen atoms in total. The normalized spacial score (nSPS) is 21.5. The van der Waals surface area contributed by atoms with E-state index in [0.29, 0.717) is 13.1 Å². The van der Waals surface area contributed by atoms with Crippen molar-refractivity contribution in [2.24, 2.45) is 0 Å². The third-order valence-electron chi connectivity index (χ3n) is 3.05. The van der Waals surface area contributed by atoms with Crippen LogP contribution in [-0.4, -0.2) is 24.3 Å². The van der Waals surface area contributed by atoms with Gasteiger partial charge in [-0.1, -0.05) is 0 Å². The summed E-state index contributed by atoms with van der Waals surface area (Å²) < 4.78 is 33.9. The Kier molecular flexibility index (Phi) is 3.21. The summed E-state index contributed by atoms with van der Waals surface area (Å²) >= 11 is 0. The average molecular weight is 270 g/mol. The third-order valence-corrected chi connectivity index (χ3v) is 3.05. The Morgan fingerprint density at radius 1 is 1.05 bits per heavy atom. The van der Waals surface area contributed by atoms with Gasteiger partial charge in [-0.05, 0) is 39.8 Å². The van der Waals surface area contributed by atoms with E-state index in [4.69, 9.17) is 10.5 Å². The molecule has 0 unspecified atom stereocenters. The van der Waals surface area contributed by atoms with Gasteiger partial charge in [0.25, 0.3) is 0 Å². The molecule has 1 aromatic rings. The van der Waals surface area contributed by atoms with Crippen molar-refractivity contribution < 1.29 is 13.5 Å². The molecule has 1 heterocycles. The molecule has 1 aliphatic rings. The first-order valence-electron chi connectivity index (χ1n) is 6.29. The predicted molar refractivity (Wildman–Crippen MR) is 72.2 cm³/mol. The Bertz CT molecular complexity index is 461. The Morgan fingerprint density at radius 3 is 1.89 bits per heavy atom. The highest BCUT2D eigenvalue weighted by atomic mass is 19.1. The zero-order valence-electron chi connectivity index (χ0n) is 11.8.